The van der Waals surface area contributed by atoms with Gasteiger partial charge in [-0.3, -0.25) is 4.79 Å². The van der Waals surface area contributed by atoms with Gasteiger partial charge in [0.2, 0.25) is 5.91 Å². The van der Waals surface area contributed by atoms with Crippen molar-refractivity contribution in [1.29, 1.82) is 0 Å². The molecule has 1 aromatic carbocycles. The second kappa shape index (κ2) is 5.14. The molecular formula is C15H19ClN2O. The maximum absolute atomic E-state index is 12.6. The molecule has 2 heterocycles. The van der Waals surface area contributed by atoms with Gasteiger partial charge in [0.05, 0.1) is 5.41 Å². The van der Waals surface area contributed by atoms with Crippen LogP contribution < -0.4 is 5.32 Å². The molecule has 1 spiro atoms. The zero-order chi connectivity index (χ0) is 13.3. The molecule has 2 aliphatic heterocycles. The Morgan fingerprint density at radius 1 is 1.32 bits per heavy atom. The molecule has 4 heteroatoms. The number of piperidine rings is 1. The van der Waals surface area contributed by atoms with E-state index in [-0.39, 0.29) is 5.41 Å². The van der Waals surface area contributed by atoms with Gasteiger partial charge in [-0.05, 0) is 37.4 Å². The van der Waals surface area contributed by atoms with Crippen LogP contribution in [0, 0.1) is 5.41 Å². The Bertz CT molecular complexity index is 483. The third-order valence-electron chi connectivity index (χ3n) is 4.39. The zero-order valence-corrected chi connectivity index (χ0v) is 11.7. The van der Waals surface area contributed by atoms with E-state index in [4.69, 9.17) is 11.6 Å². The molecule has 0 aliphatic carbocycles. The molecule has 1 unspecified atom stereocenters. The summed E-state index contributed by atoms with van der Waals surface area (Å²) in [6.45, 7) is 3.37. The lowest BCUT2D eigenvalue weighted by Crippen LogP contribution is -2.45. The summed E-state index contributed by atoms with van der Waals surface area (Å²) in [4.78, 5) is 14.6. The fourth-order valence-corrected chi connectivity index (χ4v) is 3.44. The third-order valence-corrected chi connectivity index (χ3v) is 4.76. The number of halogens is 1. The van der Waals surface area contributed by atoms with E-state index >= 15 is 0 Å². The molecule has 3 rings (SSSR count). The van der Waals surface area contributed by atoms with Gasteiger partial charge in [-0.25, -0.2) is 0 Å². The molecule has 19 heavy (non-hydrogen) atoms. The lowest BCUT2D eigenvalue weighted by molar-refractivity contribution is -0.137. The van der Waals surface area contributed by atoms with Gasteiger partial charge in [0, 0.05) is 24.7 Å². The molecule has 0 saturated carbocycles. The molecule has 0 aromatic heterocycles. The van der Waals surface area contributed by atoms with Crippen LogP contribution in [0.25, 0.3) is 0 Å². The lowest BCUT2D eigenvalue weighted by Gasteiger charge is -2.32. The van der Waals surface area contributed by atoms with E-state index in [1.165, 1.54) is 0 Å². The van der Waals surface area contributed by atoms with Gasteiger partial charge >= 0.3 is 0 Å². The molecule has 2 saturated heterocycles. The molecule has 1 N–H and O–H groups in total. The van der Waals surface area contributed by atoms with Crippen molar-refractivity contribution in [2.24, 2.45) is 5.41 Å². The van der Waals surface area contributed by atoms with Crippen molar-refractivity contribution in [3.05, 3.63) is 34.9 Å². The van der Waals surface area contributed by atoms with Crippen LogP contribution in [0.2, 0.25) is 5.02 Å². The van der Waals surface area contributed by atoms with Crippen molar-refractivity contribution in [3.8, 4) is 0 Å². The van der Waals surface area contributed by atoms with Gasteiger partial charge < -0.3 is 10.2 Å². The number of amides is 1. The smallest absolute Gasteiger partial charge is 0.230 e. The summed E-state index contributed by atoms with van der Waals surface area (Å²) in [5.74, 6) is 0.305. The molecule has 2 aliphatic rings. The summed E-state index contributed by atoms with van der Waals surface area (Å²) in [7, 11) is 0. The highest BCUT2D eigenvalue weighted by Crippen LogP contribution is 2.38. The van der Waals surface area contributed by atoms with Gasteiger partial charge in [-0.2, -0.15) is 0 Å². The summed E-state index contributed by atoms with van der Waals surface area (Å²) < 4.78 is 0. The maximum Gasteiger partial charge on any atom is 0.230 e. The molecule has 102 valence electrons. The highest BCUT2D eigenvalue weighted by molar-refractivity contribution is 6.31. The first-order valence-corrected chi connectivity index (χ1v) is 7.33. The predicted molar refractivity (Wildman–Crippen MR) is 76.0 cm³/mol. The lowest BCUT2D eigenvalue weighted by atomic mass is 9.79. The fraction of sp³-hybridized carbons (Fsp3) is 0.533. The second-order valence-corrected chi connectivity index (χ2v) is 6.04. The van der Waals surface area contributed by atoms with Gasteiger partial charge in [0.1, 0.15) is 0 Å². The molecule has 3 nitrogen and oxygen atoms in total. The van der Waals surface area contributed by atoms with Crippen LogP contribution in [0.3, 0.4) is 0 Å². The number of carbonyl (C=O) groups excluding carboxylic acids is 1. The van der Waals surface area contributed by atoms with Crippen LogP contribution in [0.5, 0.6) is 0 Å². The summed E-state index contributed by atoms with van der Waals surface area (Å²) in [6.07, 6.45) is 3.10. The fourth-order valence-electron chi connectivity index (χ4n) is 3.24. The number of nitrogens with zero attached hydrogens (tertiary/aromatic N) is 1. The van der Waals surface area contributed by atoms with E-state index in [2.05, 4.69) is 5.32 Å². The summed E-state index contributed by atoms with van der Waals surface area (Å²) >= 11 is 6.18. The number of hydrogen-bond donors (Lipinski definition) is 1. The Hall–Kier alpha value is -1.06. The minimum absolute atomic E-state index is 0.139. The highest BCUT2D eigenvalue weighted by Gasteiger charge is 2.46. The number of hydrogen-bond acceptors (Lipinski definition) is 2. The van der Waals surface area contributed by atoms with E-state index in [9.17, 15) is 4.79 Å². The van der Waals surface area contributed by atoms with E-state index in [0.717, 1.165) is 49.5 Å². The predicted octanol–water partition coefficient (Wildman–Crippen LogP) is 2.44. The van der Waals surface area contributed by atoms with Crippen LogP contribution in [0.15, 0.2) is 24.3 Å². The maximum atomic E-state index is 12.6. The average molecular weight is 279 g/mol. The van der Waals surface area contributed by atoms with Gasteiger partial charge in [0.25, 0.3) is 0 Å². The molecule has 1 atom stereocenters. The average Bonchev–Trinajstić information content (AvgIpc) is 2.72. The first-order valence-electron chi connectivity index (χ1n) is 6.95. The molecule has 0 bridgehead atoms. The third kappa shape index (κ3) is 2.37. The molecule has 2 fully saturated rings. The molecule has 1 aromatic rings. The van der Waals surface area contributed by atoms with Crippen LogP contribution in [0.1, 0.15) is 24.8 Å². The van der Waals surface area contributed by atoms with Crippen LogP contribution in [-0.2, 0) is 11.3 Å². The number of nitrogens with one attached hydrogen (secondary N) is 1. The molecular weight excluding hydrogens is 260 g/mol. The van der Waals surface area contributed by atoms with Crippen molar-refractivity contribution in [2.75, 3.05) is 19.6 Å². The molecule has 1 amide bonds. The Morgan fingerprint density at radius 2 is 2.16 bits per heavy atom. The Balaban J connectivity index is 1.74. The SMILES string of the molecule is O=C1N(Cc2ccccc2Cl)CCC12CCCNC2. The van der Waals surface area contributed by atoms with Crippen LogP contribution in [-0.4, -0.2) is 30.4 Å². The van der Waals surface area contributed by atoms with Crippen molar-refractivity contribution < 1.29 is 4.79 Å². The van der Waals surface area contributed by atoms with Crippen molar-refractivity contribution >= 4 is 17.5 Å². The van der Waals surface area contributed by atoms with Crippen LogP contribution in [0.4, 0.5) is 0 Å². The van der Waals surface area contributed by atoms with Crippen molar-refractivity contribution in [3.63, 3.8) is 0 Å². The minimum Gasteiger partial charge on any atom is -0.338 e. The topological polar surface area (TPSA) is 32.3 Å². The van der Waals surface area contributed by atoms with E-state index in [1.807, 2.05) is 29.2 Å². The van der Waals surface area contributed by atoms with E-state index < -0.39 is 0 Å². The minimum atomic E-state index is -0.139. The Kier molecular flexibility index (Phi) is 3.50. The van der Waals surface area contributed by atoms with Crippen LogP contribution >= 0.6 is 11.6 Å². The highest BCUT2D eigenvalue weighted by atomic mass is 35.5. The first-order chi connectivity index (χ1) is 9.21. The number of rotatable bonds is 2. The summed E-state index contributed by atoms with van der Waals surface area (Å²) in [6, 6.07) is 7.78. The summed E-state index contributed by atoms with van der Waals surface area (Å²) in [5.41, 5.74) is 0.901. The second-order valence-electron chi connectivity index (χ2n) is 5.63. The monoisotopic (exact) mass is 278 g/mol. The van der Waals surface area contributed by atoms with Gasteiger partial charge in [0.15, 0.2) is 0 Å². The largest absolute Gasteiger partial charge is 0.338 e. The normalized spacial score (nSPS) is 27.2. The summed E-state index contributed by atoms with van der Waals surface area (Å²) in [5, 5.41) is 4.12. The number of carbonyl (C=O) groups is 1. The number of likely N-dealkylation sites (tertiary alicyclic amines) is 1. The quantitative estimate of drug-likeness (QED) is 0.901. The Morgan fingerprint density at radius 3 is 2.89 bits per heavy atom. The van der Waals surface area contributed by atoms with Crippen molar-refractivity contribution in [1.82, 2.24) is 10.2 Å². The zero-order valence-electron chi connectivity index (χ0n) is 11.0. The van der Waals surface area contributed by atoms with E-state index in [0.29, 0.717) is 12.5 Å². The van der Waals surface area contributed by atoms with Gasteiger partial charge in [-0.15, -0.1) is 0 Å². The van der Waals surface area contributed by atoms with Crippen molar-refractivity contribution in [2.45, 2.75) is 25.8 Å². The van der Waals surface area contributed by atoms with E-state index in [1.54, 1.807) is 0 Å². The Labute approximate surface area is 118 Å². The molecule has 0 radical (unpaired) electrons. The number of benzene rings is 1. The standard InChI is InChI=1S/C15H19ClN2O/c16-13-5-2-1-4-12(13)10-18-9-7-15(14(18)19)6-3-8-17-11-15/h1-2,4-5,17H,3,6-11H2. The first kappa shape index (κ1) is 12.9. The van der Waals surface area contributed by atoms with Gasteiger partial charge in [-0.1, -0.05) is 29.8 Å².